The molecule has 1 unspecified atom stereocenters. The Hall–Kier alpha value is -1.96. The minimum absolute atomic E-state index is 0.00889. The van der Waals surface area contributed by atoms with Crippen molar-refractivity contribution in [3.05, 3.63) is 6.20 Å². The second-order valence-corrected chi connectivity index (χ2v) is 8.09. The first-order chi connectivity index (χ1) is 11.7. The number of amides is 1. The fourth-order valence-electron chi connectivity index (χ4n) is 3.64. The highest BCUT2D eigenvalue weighted by Crippen LogP contribution is 2.37. The van der Waals surface area contributed by atoms with E-state index in [9.17, 15) is 4.79 Å². The first-order valence-corrected chi connectivity index (χ1v) is 8.83. The van der Waals surface area contributed by atoms with Crippen LogP contribution in [0, 0.1) is 0 Å². The summed E-state index contributed by atoms with van der Waals surface area (Å²) >= 11 is 0. The van der Waals surface area contributed by atoms with Crippen molar-refractivity contribution in [1.82, 2.24) is 15.1 Å². The van der Waals surface area contributed by atoms with Crippen LogP contribution in [-0.4, -0.2) is 52.8 Å². The Balaban J connectivity index is 1.72. The van der Waals surface area contributed by atoms with E-state index in [4.69, 9.17) is 15.2 Å². The maximum atomic E-state index is 12.2. The predicted molar refractivity (Wildman–Crippen MR) is 95.5 cm³/mol. The van der Waals surface area contributed by atoms with E-state index in [1.807, 2.05) is 27.8 Å². The van der Waals surface area contributed by atoms with Gasteiger partial charge in [-0.25, -0.2) is 4.79 Å². The quantitative estimate of drug-likeness (QED) is 0.841. The van der Waals surface area contributed by atoms with Gasteiger partial charge >= 0.3 is 6.09 Å². The van der Waals surface area contributed by atoms with Crippen molar-refractivity contribution in [2.45, 2.75) is 57.3 Å². The van der Waals surface area contributed by atoms with E-state index < -0.39 is 5.60 Å². The van der Waals surface area contributed by atoms with Crippen LogP contribution in [0.3, 0.4) is 0 Å². The third-order valence-corrected chi connectivity index (χ3v) is 4.77. The Morgan fingerprint density at radius 1 is 1.52 bits per heavy atom. The van der Waals surface area contributed by atoms with Gasteiger partial charge in [0.1, 0.15) is 11.4 Å². The number of nitrogens with zero attached hydrogens (tertiary/aromatic N) is 3. The molecule has 2 aliphatic heterocycles. The van der Waals surface area contributed by atoms with Gasteiger partial charge in [0.2, 0.25) is 0 Å². The number of ether oxygens (including phenoxy) is 2. The summed E-state index contributed by atoms with van der Waals surface area (Å²) in [5.74, 6) is 0.910. The lowest BCUT2D eigenvalue weighted by atomic mass is 9.87. The highest BCUT2D eigenvalue weighted by atomic mass is 16.6. The molecule has 0 aliphatic carbocycles. The molecule has 25 heavy (non-hydrogen) atoms. The zero-order chi connectivity index (χ0) is 18.2. The van der Waals surface area contributed by atoms with Crippen LogP contribution >= 0.6 is 0 Å². The summed E-state index contributed by atoms with van der Waals surface area (Å²) in [4.78, 5) is 14.4. The van der Waals surface area contributed by atoms with Crippen LogP contribution in [0.15, 0.2) is 6.20 Å². The Kier molecular flexibility index (Phi) is 4.57. The van der Waals surface area contributed by atoms with Crippen LogP contribution < -0.4 is 16.0 Å². The molecule has 140 valence electrons. The Morgan fingerprint density at radius 3 is 2.76 bits per heavy atom. The summed E-state index contributed by atoms with van der Waals surface area (Å²) in [7, 11) is 1.89. The summed E-state index contributed by atoms with van der Waals surface area (Å²) in [6.07, 6.45) is 3.86. The van der Waals surface area contributed by atoms with Gasteiger partial charge in [-0.05, 0) is 33.6 Å². The first kappa shape index (κ1) is 17.8. The summed E-state index contributed by atoms with van der Waals surface area (Å²) in [5, 5.41) is 7.25. The summed E-state index contributed by atoms with van der Waals surface area (Å²) in [6.45, 7) is 7.88. The molecule has 0 radical (unpaired) electrons. The van der Waals surface area contributed by atoms with E-state index in [0.29, 0.717) is 5.69 Å². The molecule has 8 heteroatoms. The molecule has 2 fully saturated rings. The van der Waals surface area contributed by atoms with Crippen LogP contribution in [0.25, 0.3) is 0 Å². The SMILES string of the molecule is Cn1ncc(N)c1N1CC[C@H](NC(=O)OC(C)(C)C)CC2(CCO2)C1. The molecule has 2 saturated heterocycles. The molecule has 2 aliphatic rings. The van der Waals surface area contributed by atoms with Crippen molar-refractivity contribution in [2.24, 2.45) is 7.05 Å². The first-order valence-electron chi connectivity index (χ1n) is 8.83. The molecule has 3 rings (SSSR count). The van der Waals surface area contributed by atoms with E-state index in [0.717, 1.165) is 44.8 Å². The third-order valence-electron chi connectivity index (χ3n) is 4.77. The molecule has 0 aromatic carbocycles. The summed E-state index contributed by atoms with van der Waals surface area (Å²) in [6, 6.07) is 0.00889. The highest BCUT2D eigenvalue weighted by molar-refractivity contribution is 5.68. The fourth-order valence-corrected chi connectivity index (χ4v) is 3.64. The van der Waals surface area contributed by atoms with Gasteiger partial charge in [-0.2, -0.15) is 5.10 Å². The van der Waals surface area contributed by atoms with Gasteiger partial charge in [-0.1, -0.05) is 0 Å². The lowest BCUT2D eigenvalue weighted by molar-refractivity contribution is -0.146. The number of carbonyl (C=O) groups is 1. The zero-order valence-corrected chi connectivity index (χ0v) is 15.5. The Morgan fingerprint density at radius 2 is 2.24 bits per heavy atom. The van der Waals surface area contributed by atoms with Gasteiger partial charge in [0.05, 0.1) is 24.1 Å². The van der Waals surface area contributed by atoms with E-state index in [2.05, 4.69) is 15.3 Å². The number of nitrogens with two attached hydrogens (primary N) is 1. The molecule has 1 amide bonds. The maximum Gasteiger partial charge on any atom is 0.407 e. The maximum absolute atomic E-state index is 12.2. The number of rotatable bonds is 2. The molecular weight excluding hydrogens is 322 g/mol. The number of hydrogen-bond acceptors (Lipinski definition) is 6. The van der Waals surface area contributed by atoms with Gasteiger partial charge < -0.3 is 25.4 Å². The number of aromatic nitrogens is 2. The molecule has 1 aromatic rings. The molecule has 2 atom stereocenters. The number of hydrogen-bond donors (Lipinski definition) is 2. The van der Waals surface area contributed by atoms with Crippen LogP contribution in [0.5, 0.6) is 0 Å². The van der Waals surface area contributed by atoms with Crippen molar-refractivity contribution in [3.63, 3.8) is 0 Å². The normalized spacial score (nSPS) is 26.9. The Labute approximate surface area is 148 Å². The fraction of sp³-hybridized carbons (Fsp3) is 0.765. The van der Waals surface area contributed by atoms with Crippen molar-refractivity contribution in [1.29, 1.82) is 0 Å². The molecular formula is C17H29N5O3. The van der Waals surface area contributed by atoms with Crippen molar-refractivity contribution >= 4 is 17.6 Å². The van der Waals surface area contributed by atoms with E-state index in [-0.39, 0.29) is 17.7 Å². The van der Waals surface area contributed by atoms with E-state index in [1.165, 1.54) is 0 Å². The van der Waals surface area contributed by atoms with Crippen molar-refractivity contribution in [3.8, 4) is 0 Å². The van der Waals surface area contributed by atoms with Crippen molar-refractivity contribution < 1.29 is 14.3 Å². The monoisotopic (exact) mass is 351 g/mol. The highest BCUT2D eigenvalue weighted by Gasteiger charge is 2.45. The van der Waals surface area contributed by atoms with Crippen LogP contribution in [0.1, 0.15) is 40.0 Å². The molecule has 0 saturated carbocycles. The molecule has 8 nitrogen and oxygen atoms in total. The lowest BCUT2D eigenvalue weighted by Gasteiger charge is -2.44. The second kappa shape index (κ2) is 6.40. The minimum Gasteiger partial charge on any atom is -0.444 e. The van der Waals surface area contributed by atoms with Gasteiger partial charge in [-0.3, -0.25) is 4.68 Å². The average Bonchev–Trinajstić information content (AvgIpc) is 2.67. The molecule has 3 N–H and O–H groups in total. The number of carbonyl (C=O) groups excluding carboxylic acids is 1. The number of aryl methyl sites for hydroxylation is 1. The Bertz CT molecular complexity index is 613. The minimum atomic E-state index is -0.505. The molecule has 1 aromatic heterocycles. The van der Waals surface area contributed by atoms with E-state index >= 15 is 0 Å². The average molecular weight is 351 g/mol. The van der Waals surface area contributed by atoms with Crippen LogP contribution in [-0.2, 0) is 16.5 Å². The van der Waals surface area contributed by atoms with Crippen molar-refractivity contribution in [2.75, 3.05) is 30.3 Å². The number of nitrogen functional groups attached to an aromatic ring is 1. The number of alkyl carbamates (subject to hydrolysis) is 1. The zero-order valence-electron chi connectivity index (χ0n) is 15.5. The standard InChI is InChI=1S/C17H29N5O3/c1-16(2,3)25-15(23)20-12-5-7-22(11-17(9-12)6-8-24-17)14-13(18)10-19-21(14)4/h10,12H,5-9,11,18H2,1-4H3,(H,20,23)/t12-,17?/m0/s1. The van der Waals surface area contributed by atoms with Crippen LogP contribution in [0.4, 0.5) is 16.3 Å². The largest absolute Gasteiger partial charge is 0.444 e. The van der Waals surface area contributed by atoms with Gasteiger partial charge in [-0.15, -0.1) is 0 Å². The molecule has 0 bridgehead atoms. The summed E-state index contributed by atoms with van der Waals surface area (Å²) in [5.41, 5.74) is 6.01. The summed E-state index contributed by atoms with van der Waals surface area (Å²) < 4.78 is 13.2. The predicted octanol–water partition coefficient (Wildman–Crippen LogP) is 1.65. The molecule has 3 heterocycles. The third kappa shape index (κ3) is 4.00. The number of nitrogens with one attached hydrogen (secondary N) is 1. The van der Waals surface area contributed by atoms with E-state index in [1.54, 1.807) is 10.9 Å². The topological polar surface area (TPSA) is 94.6 Å². The van der Waals surface area contributed by atoms with Gasteiger partial charge in [0.25, 0.3) is 0 Å². The molecule has 1 spiro atoms. The van der Waals surface area contributed by atoms with Gasteiger partial charge in [0.15, 0.2) is 0 Å². The smallest absolute Gasteiger partial charge is 0.407 e. The lowest BCUT2D eigenvalue weighted by Crippen LogP contribution is -2.54. The van der Waals surface area contributed by atoms with Gasteiger partial charge in [0, 0.05) is 32.6 Å². The number of anilines is 2. The van der Waals surface area contributed by atoms with Crippen LogP contribution in [0.2, 0.25) is 0 Å². The second-order valence-electron chi connectivity index (χ2n) is 8.09.